The van der Waals surface area contributed by atoms with Gasteiger partial charge in [-0.1, -0.05) is 6.07 Å². The summed E-state index contributed by atoms with van der Waals surface area (Å²) in [4.78, 5) is 10.5. The lowest BCUT2D eigenvalue weighted by molar-refractivity contribution is -0.131. The summed E-state index contributed by atoms with van der Waals surface area (Å²) in [5.74, 6) is 0.212. The second-order valence-corrected chi connectivity index (χ2v) is 4.19. The van der Waals surface area contributed by atoms with Crippen molar-refractivity contribution in [3.8, 4) is 11.5 Å². The molecule has 1 aromatic rings. The van der Waals surface area contributed by atoms with E-state index in [2.05, 4.69) is 0 Å². The summed E-state index contributed by atoms with van der Waals surface area (Å²) in [7, 11) is 1.61. The van der Waals surface area contributed by atoms with E-state index in [1.54, 1.807) is 25.3 Å². The predicted octanol–water partition coefficient (Wildman–Crippen LogP) is 2.60. The van der Waals surface area contributed by atoms with Crippen LogP contribution in [0.4, 0.5) is 0 Å². The maximum absolute atomic E-state index is 10.5. The van der Waals surface area contributed by atoms with Gasteiger partial charge in [-0.2, -0.15) is 0 Å². The van der Waals surface area contributed by atoms with Gasteiger partial charge in [-0.3, -0.25) is 0 Å². The van der Waals surface area contributed by atoms with Crippen LogP contribution >= 0.6 is 0 Å². The van der Waals surface area contributed by atoms with E-state index in [4.69, 9.17) is 19.3 Å². The molecule has 0 aliphatic heterocycles. The number of ether oxygens (including phenoxy) is 3. The average Bonchev–Trinajstić information content (AvgIpc) is 2.39. The van der Waals surface area contributed by atoms with E-state index >= 15 is 0 Å². The van der Waals surface area contributed by atoms with Crippen LogP contribution in [-0.2, 0) is 9.53 Å². The third-order valence-corrected chi connectivity index (χ3v) is 2.42. The number of carboxylic acid groups (broad SMARTS) is 1. The molecule has 0 bridgehead atoms. The molecule has 0 amide bonds. The fourth-order valence-electron chi connectivity index (χ4n) is 1.65. The van der Waals surface area contributed by atoms with Gasteiger partial charge in [0.15, 0.2) is 11.5 Å². The maximum atomic E-state index is 10.5. The molecule has 0 radical (unpaired) electrons. The van der Waals surface area contributed by atoms with Crippen molar-refractivity contribution in [2.75, 3.05) is 20.3 Å². The van der Waals surface area contributed by atoms with E-state index in [1.807, 2.05) is 13.8 Å². The fourth-order valence-corrected chi connectivity index (χ4v) is 1.65. The van der Waals surface area contributed by atoms with Gasteiger partial charge in [0.25, 0.3) is 0 Å². The summed E-state index contributed by atoms with van der Waals surface area (Å²) in [6, 6.07) is 5.29. The SMILES string of the molecule is CCOc1cc(C=CC(=O)O)ccc1OC(C)COC. The molecule has 0 aliphatic carbocycles. The van der Waals surface area contributed by atoms with E-state index < -0.39 is 5.97 Å². The first kappa shape index (κ1) is 16.0. The molecule has 5 nitrogen and oxygen atoms in total. The van der Waals surface area contributed by atoms with E-state index in [0.717, 1.165) is 11.6 Å². The van der Waals surface area contributed by atoms with Crippen molar-refractivity contribution in [2.45, 2.75) is 20.0 Å². The van der Waals surface area contributed by atoms with Gasteiger partial charge in [-0.05, 0) is 37.6 Å². The number of benzene rings is 1. The first-order chi connectivity index (χ1) is 9.56. The zero-order chi connectivity index (χ0) is 15.0. The molecule has 1 N–H and O–H groups in total. The van der Waals surface area contributed by atoms with Crippen LogP contribution in [0.1, 0.15) is 19.4 Å². The highest BCUT2D eigenvalue weighted by molar-refractivity contribution is 5.85. The van der Waals surface area contributed by atoms with Crippen LogP contribution in [0.3, 0.4) is 0 Å². The van der Waals surface area contributed by atoms with Crippen molar-refractivity contribution in [3.63, 3.8) is 0 Å². The summed E-state index contributed by atoms with van der Waals surface area (Å²) in [6.45, 7) is 4.76. The summed E-state index contributed by atoms with van der Waals surface area (Å²) in [6.07, 6.45) is 2.49. The molecule has 0 saturated heterocycles. The van der Waals surface area contributed by atoms with E-state index in [-0.39, 0.29) is 6.10 Å². The Hall–Kier alpha value is -2.01. The first-order valence-electron chi connectivity index (χ1n) is 6.40. The van der Waals surface area contributed by atoms with E-state index in [0.29, 0.717) is 24.7 Å². The van der Waals surface area contributed by atoms with Gasteiger partial charge >= 0.3 is 5.97 Å². The Balaban J connectivity index is 2.92. The Kier molecular flexibility index (Phi) is 6.59. The highest BCUT2D eigenvalue weighted by Gasteiger charge is 2.10. The number of hydrogen-bond donors (Lipinski definition) is 1. The number of aliphatic carboxylic acids is 1. The molecule has 1 atom stereocenters. The van der Waals surface area contributed by atoms with Crippen molar-refractivity contribution in [1.82, 2.24) is 0 Å². The predicted molar refractivity (Wildman–Crippen MR) is 76.2 cm³/mol. The molecule has 0 saturated carbocycles. The lowest BCUT2D eigenvalue weighted by atomic mass is 10.2. The first-order valence-corrected chi connectivity index (χ1v) is 6.40. The summed E-state index contributed by atoms with van der Waals surface area (Å²) in [5.41, 5.74) is 0.739. The van der Waals surface area contributed by atoms with Crippen LogP contribution < -0.4 is 9.47 Å². The van der Waals surface area contributed by atoms with E-state index in [1.165, 1.54) is 6.08 Å². The van der Waals surface area contributed by atoms with Crippen LogP contribution in [0.2, 0.25) is 0 Å². The Bertz CT molecular complexity index is 467. The lowest BCUT2D eigenvalue weighted by Gasteiger charge is -2.17. The standard InChI is InChI=1S/C15H20O5/c1-4-19-14-9-12(6-8-15(16)17)5-7-13(14)20-11(2)10-18-3/h5-9,11H,4,10H2,1-3H3,(H,16,17). The van der Waals surface area contributed by atoms with Gasteiger partial charge in [-0.15, -0.1) is 0 Å². The smallest absolute Gasteiger partial charge is 0.328 e. The molecule has 1 unspecified atom stereocenters. The summed E-state index contributed by atoms with van der Waals surface area (Å²) < 4.78 is 16.3. The third-order valence-electron chi connectivity index (χ3n) is 2.42. The molecule has 20 heavy (non-hydrogen) atoms. The molecule has 5 heteroatoms. The van der Waals surface area contributed by atoms with E-state index in [9.17, 15) is 4.79 Å². The van der Waals surface area contributed by atoms with Gasteiger partial charge in [-0.25, -0.2) is 4.79 Å². The molecule has 1 aromatic carbocycles. The minimum absolute atomic E-state index is 0.0976. The number of hydrogen-bond acceptors (Lipinski definition) is 4. The normalized spacial score (nSPS) is 12.3. The molecule has 110 valence electrons. The Labute approximate surface area is 118 Å². The second kappa shape index (κ2) is 8.22. The Morgan fingerprint density at radius 2 is 2.15 bits per heavy atom. The molecule has 0 spiro atoms. The number of methoxy groups -OCH3 is 1. The molecule has 1 rings (SSSR count). The van der Waals surface area contributed by atoms with Crippen LogP contribution in [0.15, 0.2) is 24.3 Å². The fraction of sp³-hybridized carbons (Fsp3) is 0.400. The van der Waals surface area contributed by atoms with Gasteiger partial charge in [0.05, 0.1) is 13.2 Å². The summed E-state index contributed by atoms with van der Waals surface area (Å²) in [5, 5.41) is 8.62. The number of rotatable bonds is 8. The second-order valence-electron chi connectivity index (χ2n) is 4.19. The van der Waals surface area contributed by atoms with Crippen molar-refractivity contribution < 1.29 is 24.1 Å². The molecule has 0 aliphatic rings. The highest BCUT2D eigenvalue weighted by atomic mass is 16.5. The quantitative estimate of drug-likeness (QED) is 0.741. The number of carboxylic acids is 1. The van der Waals surface area contributed by atoms with Gasteiger partial charge in [0, 0.05) is 13.2 Å². The van der Waals surface area contributed by atoms with Gasteiger partial charge in [0.1, 0.15) is 6.10 Å². The van der Waals surface area contributed by atoms with Crippen molar-refractivity contribution >= 4 is 12.0 Å². The molecule has 0 heterocycles. The van der Waals surface area contributed by atoms with Gasteiger partial charge in [0.2, 0.25) is 0 Å². The number of carbonyl (C=O) groups is 1. The van der Waals surface area contributed by atoms with Crippen LogP contribution in [0, 0.1) is 0 Å². The zero-order valence-corrected chi connectivity index (χ0v) is 12.0. The van der Waals surface area contributed by atoms with Gasteiger partial charge < -0.3 is 19.3 Å². The Morgan fingerprint density at radius 1 is 1.40 bits per heavy atom. The monoisotopic (exact) mass is 280 g/mol. The van der Waals surface area contributed by atoms with Crippen LogP contribution in [-0.4, -0.2) is 37.5 Å². The minimum Gasteiger partial charge on any atom is -0.490 e. The largest absolute Gasteiger partial charge is 0.490 e. The van der Waals surface area contributed by atoms with Crippen molar-refractivity contribution in [3.05, 3.63) is 29.8 Å². The highest BCUT2D eigenvalue weighted by Crippen LogP contribution is 2.29. The lowest BCUT2D eigenvalue weighted by Crippen LogP contribution is -2.18. The molecular weight excluding hydrogens is 260 g/mol. The zero-order valence-electron chi connectivity index (χ0n) is 12.0. The van der Waals surface area contributed by atoms with Crippen LogP contribution in [0.5, 0.6) is 11.5 Å². The third kappa shape index (κ3) is 5.32. The van der Waals surface area contributed by atoms with Crippen molar-refractivity contribution in [1.29, 1.82) is 0 Å². The topological polar surface area (TPSA) is 65.0 Å². The summed E-state index contributed by atoms with van der Waals surface area (Å²) >= 11 is 0. The molecular formula is C15H20O5. The average molecular weight is 280 g/mol. The van der Waals surface area contributed by atoms with Crippen molar-refractivity contribution in [2.24, 2.45) is 0 Å². The molecule has 0 fully saturated rings. The maximum Gasteiger partial charge on any atom is 0.328 e. The van der Waals surface area contributed by atoms with Crippen LogP contribution in [0.25, 0.3) is 6.08 Å². The molecule has 0 aromatic heterocycles. The Morgan fingerprint density at radius 3 is 2.75 bits per heavy atom. The minimum atomic E-state index is -0.989.